The van der Waals surface area contributed by atoms with Gasteiger partial charge in [-0.3, -0.25) is 14.2 Å². The monoisotopic (exact) mass is 555 g/mol. The van der Waals surface area contributed by atoms with Crippen molar-refractivity contribution in [1.82, 2.24) is 9.40 Å². The number of halogens is 2. The van der Waals surface area contributed by atoms with Gasteiger partial charge in [0.2, 0.25) is 5.43 Å². The minimum Gasteiger partial charge on any atom is -0.492 e. The summed E-state index contributed by atoms with van der Waals surface area (Å²) >= 11 is 0. The van der Waals surface area contributed by atoms with Crippen LogP contribution in [-0.2, 0) is 13.9 Å². The van der Waals surface area contributed by atoms with E-state index in [4.69, 9.17) is 14.1 Å². The van der Waals surface area contributed by atoms with Crippen LogP contribution in [0.5, 0.6) is 5.75 Å². The van der Waals surface area contributed by atoms with Crippen LogP contribution in [0.25, 0.3) is 10.9 Å². The largest absolute Gasteiger partial charge is 0.492 e. The van der Waals surface area contributed by atoms with Crippen LogP contribution in [0, 0.1) is 5.82 Å². The number of aromatic nitrogens is 1. The number of methoxy groups -OCH3 is 1. The number of carboxylic acid groups (broad SMARTS) is 1. The van der Waals surface area contributed by atoms with E-state index < -0.39 is 36.8 Å². The Morgan fingerprint density at radius 1 is 1.29 bits per heavy atom. The maximum Gasteiger partial charge on any atom is 0.341 e. The highest BCUT2D eigenvalue weighted by Crippen LogP contribution is 2.44. The van der Waals surface area contributed by atoms with Crippen molar-refractivity contribution in [2.75, 3.05) is 44.9 Å². The van der Waals surface area contributed by atoms with E-state index in [1.807, 2.05) is 0 Å². The molecule has 13 heteroatoms. The van der Waals surface area contributed by atoms with Crippen molar-refractivity contribution in [2.45, 2.75) is 45.6 Å². The Labute approximate surface area is 219 Å². The number of piperidine rings is 1. The van der Waals surface area contributed by atoms with Crippen LogP contribution < -0.4 is 15.1 Å². The van der Waals surface area contributed by atoms with Crippen LogP contribution in [0.1, 0.15) is 55.9 Å². The molecule has 1 aromatic heterocycles. The maximum atomic E-state index is 15.6. The molecule has 1 aliphatic carbocycles. The Morgan fingerprint density at radius 3 is 2.63 bits per heavy atom. The summed E-state index contributed by atoms with van der Waals surface area (Å²) in [4.78, 5) is 32.6. The van der Waals surface area contributed by atoms with E-state index in [1.165, 1.54) is 13.3 Å². The number of rotatable bonds is 11. The van der Waals surface area contributed by atoms with E-state index in [9.17, 15) is 19.3 Å². The van der Waals surface area contributed by atoms with Crippen molar-refractivity contribution in [1.29, 1.82) is 0 Å². The Morgan fingerprint density at radius 2 is 2.03 bits per heavy atom. The van der Waals surface area contributed by atoms with E-state index in [0.717, 1.165) is 23.7 Å². The standard InChI is InChI=1S/C25H32F2N3O7P/c1-4-36-30(38(34)37-5-2)14-20(27)15-7-6-10-28(12-15)22-19(26)11-17-21(24(22)35-3)29(16-8-9-16)13-18(23(17)31)25(32)33/h11,13,16,38H,4-10,12,14H2,1-3H3,(H,32,33). The van der Waals surface area contributed by atoms with Gasteiger partial charge in [-0.2, -0.15) is 0 Å². The SMILES string of the molecule is CCON(CC(F)=C1CCCN(c2c(F)cc3c(=O)c(C(=O)O)cn(C4CC4)c3c2OC)C1)[PH](=O)OCC. The van der Waals surface area contributed by atoms with Crippen molar-refractivity contribution in [2.24, 2.45) is 0 Å². The molecule has 2 fully saturated rings. The number of pyridine rings is 1. The zero-order valence-electron chi connectivity index (χ0n) is 21.6. The number of carboxylic acids is 1. The highest BCUT2D eigenvalue weighted by atomic mass is 31.1. The molecule has 0 amide bonds. The lowest BCUT2D eigenvalue weighted by Crippen LogP contribution is -2.33. The molecular formula is C25H32F2N3O7P. The third kappa shape index (κ3) is 5.63. The molecule has 10 nitrogen and oxygen atoms in total. The molecule has 0 radical (unpaired) electrons. The van der Waals surface area contributed by atoms with Crippen LogP contribution in [0.2, 0.25) is 0 Å². The van der Waals surface area contributed by atoms with Crippen molar-refractivity contribution < 1.29 is 37.3 Å². The van der Waals surface area contributed by atoms with Gasteiger partial charge < -0.3 is 23.8 Å². The molecule has 1 aliphatic heterocycles. The molecule has 2 aromatic rings. The number of nitrogens with zero attached hydrogens (tertiary/aromatic N) is 3. The first kappa shape index (κ1) is 28.2. The molecule has 4 rings (SSSR count). The van der Waals surface area contributed by atoms with E-state index in [2.05, 4.69) is 0 Å². The van der Waals surface area contributed by atoms with Crippen LogP contribution in [0.15, 0.2) is 28.5 Å². The number of carbonyl (C=O) groups is 1. The van der Waals surface area contributed by atoms with Gasteiger partial charge in [-0.15, -0.1) is 4.83 Å². The highest BCUT2D eigenvalue weighted by molar-refractivity contribution is 7.36. The summed E-state index contributed by atoms with van der Waals surface area (Å²) in [5.41, 5.74) is -0.440. The summed E-state index contributed by atoms with van der Waals surface area (Å²) in [6.07, 6.45) is 3.81. The fourth-order valence-electron chi connectivity index (χ4n) is 4.76. The molecule has 2 aliphatic rings. The minimum absolute atomic E-state index is 0.0318. The van der Waals surface area contributed by atoms with Crippen molar-refractivity contribution in [3.8, 4) is 5.75 Å². The first-order chi connectivity index (χ1) is 18.2. The van der Waals surface area contributed by atoms with Gasteiger partial charge in [0.15, 0.2) is 11.6 Å². The lowest BCUT2D eigenvalue weighted by atomic mass is 10.0. The van der Waals surface area contributed by atoms with Gasteiger partial charge in [-0.05, 0) is 51.2 Å². The molecule has 208 valence electrons. The second-order valence-corrected chi connectivity index (χ2v) is 10.5. The number of anilines is 1. The smallest absolute Gasteiger partial charge is 0.341 e. The average molecular weight is 556 g/mol. The molecule has 0 spiro atoms. The normalized spacial score (nSPS) is 18.2. The molecule has 1 saturated heterocycles. The lowest BCUT2D eigenvalue weighted by molar-refractivity contribution is -0.0827. The molecule has 1 atom stereocenters. The zero-order chi connectivity index (χ0) is 27.6. The predicted molar refractivity (Wildman–Crippen MR) is 138 cm³/mol. The average Bonchev–Trinajstić information content (AvgIpc) is 3.73. The number of hydrogen-bond acceptors (Lipinski definition) is 7. The molecular weight excluding hydrogens is 523 g/mol. The first-order valence-corrected chi connectivity index (χ1v) is 13.8. The van der Waals surface area contributed by atoms with Gasteiger partial charge in [0.25, 0.3) is 8.18 Å². The second kappa shape index (κ2) is 11.9. The first-order valence-electron chi connectivity index (χ1n) is 12.6. The summed E-state index contributed by atoms with van der Waals surface area (Å²) < 4.78 is 55.7. The quantitative estimate of drug-likeness (QED) is 0.312. The van der Waals surface area contributed by atoms with Crippen molar-refractivity contribution in [3.05, 3.63) is 45.3 Å². The van der Waals surface area contributed by atoms with Gasteiger partial charge in [0.05, 0.1) is 37.8 Å². The Bertz CT molecular complexity index is 1340. The van der Waals surface area contributed by atoms with Gasteiger partial charge >= 0.3 is 5.97 Å². The number of fused-ring (bicyclic) bond motifs is 1. The van der Waals surface area contributed by atoms with E-state index in [0.29, 0.717) is 30.5 Å². The predicted octanol–water partition coefficient (Wildman–Crippen LogP) is 4.69. The molecule has 0 bridgehead atoms. The fraction of sp³-hybridized carbons (Fsp3) is 0.520. The summed E-state index contributed by atoms with van der Waals surface area (Å²) in [6.45, 7) is 3.82. The Kier molecular flexibility index (Phi) is 8.87. The summed E-state index contributed by atoms with van der Waals surface area (Å²) in [5, 5.41) is 9.44. The highest BCUT2D eigenvalue weighted by Gasteiger charge is 2.32. The third-order valence-corrected chi connectivity index (χ3v) is 7.83. The van der Waals surface area contributed by atoms with Crippen molar-refractivity contribution >= 4 is 30.7 Å². The lowest BCUT2D eigenvalue weighted by Gasteiger charge is -2.33. The summed E-state index contributed by atoms with van der Waals surface area (Å²) in [5.74, 6) is -2.60. The Balaban J connectivity index is 1.76. The minimum atomic E-state index is -2.78. The number of hydrogen-bond donors (Lipinski definition) is 1. The van der Waals surface area contributed by atoms with Crippen LogP contribution >= 0.6 is 8.18 Å². The molecule has 1 saturated carbocycles. The van der Waals surface area contributed by atoms with Gasteiger partial charge in [-0.25, -0.2) is 13.6 Å². The van der Waals surface area contributed by atoms with Crippen LogP contribution in [0.3, 0.4) is 0 Å². The topological polar surface area (TPSA) is 111 Å². The number of aromatic carboxylic acids is 1. The summed E-state index contributed by atoms with van der Waals surface area (Å²) in [6, 6.07) is 1.01. The van der Waals surface area contributed by atoms with Gasteiger partial charge in [-0.1, -0.05) is 0 Å². The van der Waals surface area contributed by atoms with Crippen LogP contribution in [-0.4, -0.2) is 60.4 Å². The van der Waals surface area contributed by atoms with Crippen molar-refractivity contribution in [3.63, 3.8) is 0 Å². The number of hydroxylamine groups is 1. The molecule has 38 heavy (non-hydrogen) atoms. The van der Waals surface area contributed by atoms with Gasteiger partial charge in [0.1, 0.15) is 17.1 Å². The molecule has 1 unspecified atom stereocenters. The number of benzene rings is 1. The zero-order valence-corrected chi connectivity index (χ0v) is 22.6. The molecule has 1 N–H and O–H groups in total. The van der Waals surface area contributed by atoms with Gasteiger partial charge in [0, 0.05) is 25.3 Å². The number of ether oxygens (including phenoxy) is 1. The van der Waals surface area contributed by atoms with Crippen LogP contribution in [0.4, 0.5) is 14.5 Å². The summed E-state index contributed by atoms with van der Waals surface area (Å²) in [7, 11) is -1.42. The molecule has 2 heterocycles. The molecule has 1 aromatic carbocycles. The third-order valence-electron chi connectivity index (χ3n) is 6.60. The van der Waals surface area contributed by atoms with E-state index in [-0.39, 0.29) is 49.2 Å². The fourth-order valence-corrected chi connectivity index (χ4v) is 5.65. The second-order valence-electron chi connectivity index (χ2n) is 9.14. The van der Waals surface area contributed by atoms with E-state index >= 15 is 8.78 Å². The Hall–Kier alpha value is -2.79. The maximum absolute atomic E-state index is 15.6. The van der Waals surface area contributed by atoms with E-state index in [1.54, 1.807) is 23.3 Å².